The molecule has 0 saturated carbocycles. The van der Waals surface area contributed by atoms with Gasteiger partial charge in [-0.3, -0.25) is 0 Å². The minimum Gasteiger partial charge on any atom is -0.494 e. The molecule has 1 unspecified atom stereocenters. The molecule has 10 heteroatoms. The number of hydrogen-bond acceptors (Lipinski definition) is 9. The average molecular weight is 533 g/mol. The predicted octanol–water partition coefficient (Wildman–Crippen LogP) is 5.31. The number of nitrogens with zero attached hydrogens (tertiary/aromatic N) is 4. The van der Waals surface area contributed by atoms with Gasteiger partial charge in [-0.15, -0.1) is 5.10 Å². The van der Waals surface area contributed by atoms with Gasteiger partial charge in [-0.25, -0.2) is 19.3 Å². The van der Waals surface area contributed by atoms with Crippen LogP contribution in [0.15, 0.2) is 82.3 Å². The number of ether oxygens (including phenoxy) is 4. The van der Waals surface area contributed by atoms with E-state index in [4.69, 9.17) is 28.3 Å². The van der Waals surface area contributed by atoms with Gasteiger partial charge in [-0.1, -0.05) is 24.3 Å². The van der Waals surface area contributed by atoms with Crippen molar-refractivity contribution in [2.24, 2.45) is 0 Å². The zero-order valence-corrected chi connectivity index (χ0v) is 21.2. The minimum atomic E-state index is -0.583. The molecule has 0 N–H and O–H groups in total. The van der Waals surface area contributed by atoms with Gasteiger partial charge >= 0.3 is 5.63 Å². The molecule has 40 heavy (non-hydrogen) atoms. The summed E-state index contributed by atoms with van der Waals surface area (Å²) in [5.41, 5.74) is 3.03. The Bertz CT molecular complexity index is 2010. The maximum atomic E-state index is 13.6. The summed E-state index contributed by atoms with van der Waals surface area (Å²) in [6, 6.07) is 20.5. The van der Waals surface area contributed by atoms with Gasteiger partial charge in [0.1, 0.15) is 17.7 Å². The minimum absolute atomic E-state index is 0.173. The summed E-state index contributed by atoms with van der Waals surface area (Å²) in [4.78, 5) is 23.0. The van der Waals surface area contributed by atoms with Crippen molar-refractivity contribution in [2.45, 2.75) is 12.8 Å². The summed E-state index contributed by atoms with van der Waals surface area (Å²) < 4.78 is 30.4. The molecule has 6 aromatic rings. The van der Waals surface area contributed by atoms with E-state index >= 15 is 0 Å². The van der Waals surface area contributed by atoms with Gasteiger partial charge < -0.3 is 23.4 Å². The maximum absolute atomic E-state index is 13.6. The van der Waals surface area contributed by atoms with E-state index in [1.807, 2.05) is 67.6 Å². The molecular formula is C30H20N4O6. The molecule has 0 bridgehead atoms. The Balaban J connectivity index is 1.37. The number of aromatic nitrogens is 4. The summed E-state index contributed by atoms with van der Waals surface area (Å²) >= 11 is 0. The van der Waals surface area contributed by atoms with Crippen LogP contribution in [0.25, 0.3) is 28.0 Å². The van der Waals surface area contributed by atoms with E-state index < -0.39 is 11.5 Å². The molecule has 3 aromatic carbocycles. The zero-order valence-electron chi connectivity index (χ0n) is 21.2. The molecule has 0 saturated heterocycles. The van der Waals surface area contributed by atoms with Crippen molar-refractivity contribution >= 4 is 16.6 Å². The lowest BCUT2D eigenvalue weighted by molar-refractivity contribution is 0.174. The Morgan fingerprint density at radius 2 is 1.85 bits per heavy atom. The van der Waals surface area contributed by atoms with Crippen LogP contribution >= 0.6 is 0 Å². The molecule has 1 atom stereocenters. The van der Waals surface area contributed by atoms with Crippen molar-refractivity contribution in [1.82, 2.24) is 19.6 Å². The van der Waals surface area contributed by atoms with E-state index in [2.05, 4.69) is 10.1 Å². The number of fused-ring (bicyclic) bond motifs is 7. The highest BCUT2D eigenvalue weighted by Crippen LogP contribution is 2.49. The zero-order chi connectivity index (χ0) is 26.8. The Labute approximate surface area is 226 Å². The van der Waals surface area contributed by atoms with Crippen molar-refractivity contribution in [2.75, 3.05) is 13.4 Å². The highest BCUT2D eigenvalue weighted by atomic mass is 16.7. The summed E-state index contributed by atoms with van der Waals surface area (Å²) in [7, 11) is 0. The van der Waals surface area contributed by atoms with E-state index in [1.54, 1.807) is 16.9 Å². The SMILES string of the molecule is CCOc1ccc(C2c3c(c4ccccc4oc3=O)Oc3ncn4nc(-c5ccc6c(c5)OCO6)nc4c32)cc1. The second-order valence-electron chi connectivity index (χ2n) is 9.40. The first-order chi connectivity index (χ1) is 19.7. The molecule has 0 aliphatic carbocycles. The Hall–Kier alpha value is -5.38. The van der Waals surface area contributed by atoms with Gasteiger partial charge in [0.2, 0.25) is 12.7 Å². The molecule has 0 fully saturated rings. The second kappa shape index (κ2) is 8.57. The molecule has 0 radical (unpaired) electrons. The van der Waals surface area contributed by atoms with Crippen molar-refractivity contribution < 1.29 is 23.4 Å². The monoisotopic (exact) mass is 532 g/mol. The van der Waals surface area contributed by atoms with E-state index in [-0.39, 0.29) is 6.79 Å². The lowest BCUT2D eigenvalue weighted by Crippen LogP contribution is -2.22. The van der Waals surface area contributed by atoms with Gasteiger partial charge in [-0.2, -0.15) is 0 Å². The van der Waals surface area contributed by atoms with Crippen LogP contribution in [0, 0.1) is 0 Å². The highest BCUT2D eigenvalue weighted by molar-refractivity contribution is 5.87. The van der Waals surface area contributed by atoms with Gasteiger partial charge in [-0.05, 0) is 55.0 Å². The molecule has 3 aromatic heterocycles. The van der Waals surface area contributed by atoms with E-state index in [0.717, 1.165) is 16.9 Å². The van der Waals surface area contributed by atoms with Crippen LogP contribution in [0.3, 0.4) is 0 Å². The molecule has 2 aliphatic heterocycles. The number of para-hydroxylation sites is 1. The Kier molecular flexibility index (Phi) is 4.84. The van der Waals surface area contributed by atoms with Crippen LogP contribution in [0.4, 0.5) is 0 Å². The quantitative estimate of drug-likeness (QED) is 0.279. The number of hydrogen-bond donors (Lipinski definition) is 0. The highest BCUT2D eigenvalue weighted by Gasteiger charge is 2.37. The van der Waals surface area contributed by atoms with Crippen LogP contribution in [-0.2, 0) is 0 Å². The fourth-order valence-corrected chi connectivity index (χ4v) is 5.34. The van der Waals surface area contributed by atoms with Crippen LogP contribution in [0.5, 0.6) is 28.9 Å². The molecule has 0 spiro atoms. The third kappa shape index (κ3) is 3.35. The van der Waals surface area contributed by atoms with Crippen molar-refractivity contribution in [3.8, 4) is 40.3 Å². The molecule has 10 nitrogen and oxygen atoms in total. The standard InChI is InChI=1S/C30H20N4O6/c1-2-36-18-10-7-16(8-11-18)23-24-26(19-5-3-4-6-20(19)39-30(24)35)40-29-25(23)28-32-27(33-34(28)14-31-29)17-9-12-21-22(13-17)38-15-37-21/h3-14,23H,2,15H2,1H3. The van der Waals surface area contributed by atoms with Gasteiger partial charge in [0.15, 0.2) is 28.7 Å². The first-order valence-electron chi connectivity index (χ1n) is 12.8. The maximum Gasteiger partial charge on any atom is 0.344 e. The molecule has 8 rings (SSSR count). The Morgan fingerprint density at radius 3 is 2.73 bits per heavy atom. The van der Waals surface area contributed by atoms with Gasteiger partial charge in [0, 0.05) is 5.56 Å². The summed E-state index contributed by atoms with van der Waals surface area (Å²) in [6.45, 7) is 2.65. The lowest BCUT2D eigenvalue weighted by atomic mass is 9.84. The van der Waals surface area contributed by atoms with E-state index in [1.165, 1.54) is 0 Å². The fraction of sp³-hybridized carbons (Fsp3) is 0.133. The first-order valence-corrected chi connectivity index (χ1v) is 12.8. The summed E-state index contributed by atoms with van der Waals surface area (Å²) in [5.74, 6) is 2.69. The number of rotatable bonds is 4. The normalized spacial score (nSPS) is 15.1. The first kappa shape index (κ1) is 22.6. The third-order valence-corrected chi connectivity index (χ3v) is 7.12. The molecule has 196 valence electrons. The summed E-state index contributed by atoms with van der Waals surface area (Å²) in [5, 5.41) is 5.36. The van der Waals surface area contributed by atoms with Crippen LogP contribution < -0.4 is 24.6 Å². The Morgan fingerprint density at radius 1 is 1.00 bits per heavy atom. The van der Waals surface area contributed by atoms with Crippen LogP contribution in [0.2, 0.25) is 0 Å². The second-order valence-corrected chi connectivity index (χ2v) is 9.40. The fourth-order valence-electron chi connectivity index (χ4n) is 5.34. The van der Waals surface area contributed by atoms with Crippen molar-refractivity contribution in [3.05, 3.63) is 100 Å². The lowest BCUT2D eigenvalue weighted by Gasteiger charge is -2.27. The topological polar surface area (TPSA) is 110 Å². The van der Waals surface area contributed by atoms with Crippen LogP contribution in [-0.4, -0.2) is 33.0 Å². The third-order valence-electron chi connectivity index (χ3n) is 7.12. The molecule has 5 heterocycles. The number of benzene rings is 3. The molecule has 0 amide bonds. The van der Waals surface area contributed by atoms with Crippen molar-refractivity contribution in [1.29, 1.82) is 0 Å². The largest absolute Gasteiger partial charge is 0.494 e. The average Bonchev–Trinajstić information content (AvgIpc) is 3.64. The summed E-state index contributed by atoms with van der Waals surface area (Å²) in [6.07, 6.45) is 1.56. The predicted molar refractivity (Wildman–Crippen MR) is 143 cm³/mol. The smallest absolute Gasteiger partial charge is 0.344 e. The van der Waals surface area contributed by atoms with E-state index in [0.29, 0.717) is 63.3 Å². The van der Waals surface area contributed by atoms with E-state index in [9.17, 15) is 4.79 Å². The van der Waals surface area contributed by atoms with Gasteiger partial charge in [0.25, 0.3) is 0 Å². The molecular weight excluding hydrogens is 512 g/mol. The molecule has 2 aliphatic rings. The van der Waals surface area contributed by atoms with Crippen molar-refractivity contribution in [3.63, 3.8) is 0 Å². The van der Waals surface area contributed by atoms with Gasteiger partial charge in [0.05, 0.1) is 29.0 Å². The van der Waals surface area contributed by atoms with Crippen LogP contribution in [0.1, 0.15) is 29.5 Å².